The van der Waals surface area contributed by atoms with Gasteiger partial charge in [-0.25, -0.2) is 10.2 Å². The Kier molecular flexibility index (Phi) is 7.94. The number of carbonyl (C=O) groups excluding carboxylic acids is 2. The van der Waals surface area contributed by atoms with Crippen molar-refractivity contribution in [3.05, 3.63) is 118 Å². The lowest BCUT2D eigenvalue weighted by atomic mass is 10.0. The molecule has 4 aromatic carbocycles. The summed E-state index contributed by atoms with van der Waals surface area (Å²) >= 11 is 6.41. The lowest BCUT2D eigenvalue weighted by Gasteiger charge is -2.11. The van der Waals surface area contributed by atoms with Crippen molar-refractivity contribution in [3.8, 4) is 22.6 Å². The number of nitrogens with zero attached hydrogens (tertiary/aromatic N) is 1. The molecule has 0 aliphatic heterocycles. The third kappa shape index (κ3) is 5.75. The fourth-order valence-corrected chi connectivity index (χ4v) is 4.59. The highest BCUT2D eigenvalue weighted by Gasteiger charge is 2.20. The predicted molar refractivity (Wildman–Crippen MR) is 158 cm³/mol. The van der Waals surface area contributed by atoms with Gasteiger partial charge in [0.15, 0.2) is 11.5 Å². The normalized spacial score (nSPS) is 11.1. The molecule has 7 nitrogen and oxygen atoms in total. The van der Waals surface area contributed by atoms with E-state index in [1.165, 1.54) is 6.21 Å². The zero-order chi connectivity index (χ0) is 28.1. The van der Waals surface area contributed by atoms with Gasteiger partial charge in [-0.3, -0.25) is 4.79 Å². The minimum Gasteiger partial charge on any atom is -0.490 e. The molecule has 0 atom stereocenters. The average molecular weight is 552 g/mol. The molecular weight excluding hydrogens is 526 g/mol. The summed E-state index contributed by atoms with van der Waals surface area (Å²) in [5.74, 6) is -0.227. The topological polar surface area (TPSA) is 92.8 Å². The number of esters is 1. The van der Waals surface area contributed by atoms with Crippen LogP contribution in [0.1, 0.15) is 38.9 Å². The van der Waals surface area contributed by atoms with Gasteiger partial charge in [0.1, 0.15) is 5.69 Å². The molecule has 5 aromatic rings. The number of carbonyl (C=O) groups is 2. The van der Waals surface area contributed by atoms with Crippen LogP contribution in [0.5, 0.6) is 11.5 Å². The van der Waals surface area contributed by atoms with Gasteiger partial charge in [-0.15, -0.1) is 0 Å². The molecule has 2 N–H and O–H groups in total. The summed E-state index contributed by atoms with van der Waals surface area (Å²) in [7, 11) is 0. The monoisotopic (exact) mass is 551 g/mol. The fourth-order valence-electron chi connectivity index (χ4n) is 4.37. The van der Waals surface area contributed by atoms with E-state index in [1.54, 1.807) is 42.5 Å². The molecule has 5 rings (SSSR count). The molecular formula is C32H26ClN3O4. The fraction of sp³-hybridized carbons (Fsp3) is 0.0938. The van der Waals surface area contributed by atoms with Crippen LogP contribution < -0.4 is 14.9 Å². The van der Waals surface area contributed by atoms with E-state index in [0.29, 0.717) is 39.7 Å². The first-order chi connectivity index (χ1) is 19.4. The van der Waals surface area contributed by atoms with Gasteiger partial charge >= 0.3 is 5.97 Å². The number of rotatable bonds is 8. The van der Waals surface area contributed by atoms with Crippen LogP contribution in [0.15, 0.2) is 96.1 Å². The lowest BCUT2D eigenvalue weighted by Crippen LogP contribution is -2.18. The molecule has 1 amide bonds. The molecule has 8 heteroatoms. The number of aromatic nitrogens is 1. The van der Waals surface area contributed by atoms with Crippen molar-refractivity contribution >= 4 is 40.6 Å². The smallest absolute Gasteiger partial charge is 0.343 e. The van der Waals surface area contributed by atoms with Gasteiger partial charge in [0.05, 0.1) is 28.9 Å². The number of hydrogen-bond acceptors (Lipinski definition) is 5. The Morgan fingerprint density at radius 2 is 1.75 bits per heavy atom. The molecule has 0 spiro atoms. The highest BCUT2D eigenvalue weighted by atomic mass is 35.5. The quantitative estimate of drug-likeness (QED) is 0.0924. The van der Waals surface area contributed by atoms with Crippen molar-refractivity contribution in [1.82, 2.24) is 10.4 Å². The summed E-state index contributed by atoms with van der Waals surface area (Å²) in [6.07, 6.45) is 1.49. The van der Waals surface area contributed by atoms with Gasteiger partial charge in [-0.2, -0.15) is 5.10 Å². The molecule has 0 saturated heterocycles. The first kappa shape index (κ1) is 26.7. The summed E-state index contributed by atoms with van der Waals surface area (Å²) in [6, 6.07) is 27.4. The minimum absolute atomic E-state index is 0.289. The average Bonchev–Trinajstić information content (AvgIpc) is 3.36. The molecule has 1 aromatic heterocycles. The van der Waals surface area contributed by atoms with Gasteiger partial charge in [-0.1, -0.05) is 71.8 Å². The maximum atomic E-state index is 13.2. The van der Waals surface area contributed by atoms with Gasteiger partial charge < -0.3 is 14.5 Å². The number of benzene rings is 4. The molecule has 0 aliphatic rings. The van der Waals surface area contributed by atoms with Gasteiger partial charge in [0, 0.05) is 10.9 Å². The van der Waals surface area contributed by atoms with Crippen LogP contribution in [0, 0.1) is 6.92 Å². The number of halogens is 1. The van der Waals surface area contributed by atoms with Crippen molar-refractivity contribution in [2.45, 2.75) is 13.8 Å². The number of amides is 1. The third-order valence-electron chi connectivity index (χ3n) is 6.18. The second kappa shape index (κ2) is 11.9. The highest BCUT2D eigenvalue weighted by Crippen LogP contribution is 2.35. The summed E-state index contributed by atoms with van der Waals surface area (Å²) in [6.45, 7) is 4.12. The van der Waals surface area contributed by atoms with Crippen molar-refractivity contribution in [3.63, 3.8) is 0 Å². The summed E-state index contributed by atoms with van der Waals surface area (Å²) in [5.41, 5.74) is 7.28. The number of para-hydroxylation sites is 1. The zero-order valence-electron chi connectivity index (χ0n) is 21.9. The molecule has 0 fully saturated rings. The van der Waals surface area contributed by atoms with Gasteiger partial charge in [0.2, 0.25) is 0 Å². The van der Waals surface area contributed by atoms with Gasteiger partial charge in [0.25, 0.3) is 5.91 Å². The highest BCUT2D eigenvalue weighted by molar-refractivity contribution is 6.36. The van der Waals surface area contributed by atoms with Crippen LogP contribution in [-0.4, -0.2) is 29.7 Å². The molecule has 0 aliphatic carbocycles. The van der Waals surface area contributed by atoms with Gasteiger partial charge in [-0.05, 0) is 61.4 Å². The van der Waals surface area contributed by atoms with Crippen LogP contribution >= 0.6 is 11.6 Å². The predicted octanol–water partition coefficient (Wildman–Crippen LogP) is 7.18. The number of nitrogens with one attached hydrogen (secondary N) is 2. The Hall–Kier alpha value is -4.88. The van der Waals surface area contributed by atoms with Crippen molar-refractivity contribution in [2.75, 3.05) is 6.61 Å². The molecule has 0 bridgehead atoms. The van der Waals surface area contributed by atoms with Crippen molar-refractivity contribution in [2.24, 2.45) is 5.10 Å². The van der Waals surface area contributed by atoms with E-state index in [0.717, 1.165) is 22.1 Å². The van der Waals surface area contributed by atoms with E-state index in [2.05, 4.69) is 15.5 Å². The lowest BCUT2D eigenvalue weighted by molar-refractivity contribution is 0.0728. The number of H-pyrrole nitrogens is 1. The Balaban J connectivity index is 1.36. The van der Waals surface area contributed by atoms with Crippen LogP contribution in [0.25, 0.3) is 22.0 Å². The zero-order valence-corrected chi connectivity index (χ0v) is 22.7. The second-order valence-corrected chi connectivity index (χ2v) is 9.41. The maximum absolute atomic E-state index is 13.2. The minimum atomic E-state index is -0.481. The number of ether oxygens (including phenoxy) is 2. The Bertz CT molecular complexity index is 1730. The summed E-state index contributed by atoms with van der Waals surface area (Å²) < 4.78 is 11.3. The largest absolute Gasteiger partial charge is 0.490 e. The molecule has 0 unspecified atom stereocenters. The van der Waals surface area contributed by atoms with Crippen LogP contribution in [-0.2, 0) is 0 Å². The van der Waals surface area contributed by atoms with E-state index in [4.69, 9.17) is 21.1 Å². The molecule has 200 valence electrons. The molecule has 40 heavy (non-hydrogen) atoms. The summed E-state index contributed by atoms with van der Waals surface area (Å²) in [5, 5.41) is 5.51. The van der Waals surface area contributed by atoms with Crippen LogP contribution in [0.3, 0.4) is 0 Å². The number of fused-ring (bicyclic) bond motifs is 1. The SMILES string of the molecule is CCOc1cc(C=NNC(=O)c2[nH]c3c(Cl)cccc3c2-c2ccccc2)ccc1OC(=O)c1cccc(C)c1. The number of aromatic amines is 1. The Morgan fingerprint density at radius 3 is 2.52 bits per heavy atom. The molecule has 0 radical (unpaired) electrons. The number of hydrazone groups is 1. The van der Waals surface area contributed by atoms with Crippen molar-refractivity contribution in [1.29, 1.82) is 0 Å². The second-order valence-electron chi connectivity index (χ2n) is 9.00. The molecule has 0 saturated carbocycles. The van der Waals surface area contributed by atoms with E-state index in [-0.39, 0.29) is 5.75 Å². The standard InChI is InChI=1S/C32H26ClN3O4/c1-3-39-27-18-21(15-16-26(27)40-32(38)23-12-7-9-20(2)17-23)19-34-36-31(37)30-28(22-10-5-4-6-11-22)24-13-8-14-25(33)29(24)35-30/h4-19,35H,3H2,1-2H3,(H,36,37). The van der Waals surface area contributed by atoms with E-state index < -0.39 is 11.9 Å². The van der Waals surface area contributed by atoms with E-state index in [1.807, 2.05) is 62.4 Å². The Labute approximate surface area is 236 Å². The first-order valence-electron chi connectivity index (χ1n) is 12.7. The third-order valence-corrected chi connectivity index (χ3v) is 6.49. The van der Waals surface area contributed by atoms with Crippen LogP contribution in [0.2, 0.25) is 5.02 Å². The maximum Gasteiger partial charge on any atom is 0.343 e. The summed E-state index contributed by atoms with van der Waals surface area (Å²) in [4.78, 5) is 29.0. The van der Waals surface area contributed by atoms with E-state index in [9.17, 15) is 9.59 Å². The van der Waals surface area contributed by atoms with E-state index >= 15 is 0 Å². The first-order valence-corrected chi connectivity index (χ1v) is 13.1. The molecule has 1 heterocycles. The van der Waals surface area contributed by atoms with Crippen LogP contribution in [0.4, 0.5) is 0 Å². The van der Waals surface area contributed by atoms with Crippen molar-refractivity contribution < 1.29 is 19.1 Å². The number of aryl methyl sites for hydroxylation is 1. The Morgan fingerprint density at radius 1 is 0.950 bits per heavy atom. The number of hydrogen-bond donors (Lipinski definition) is 2.